The van der Waals surface area contributed by atoms with Gasteiger partial charge in [-0.25, -0.2) is 0 Å². The molecule has 0 bridgehead atoms. The molecule has 0 aromatic heterocycles. The minimum absolute atomic E-state index is 0.648. The van der Waals surface area contributed by atoms with Gasteiger partial charge in [0, 0.05) is 18.1 Å². The average molecular weight is 278 g/mol. The molecule has 1 aromatic carbocycles. The van der Waals surface area contributed by atoms with Crippen molar-refractivity contribution < 1.29 is 0 Å². The van der Waals surface area contributed by atoms with E-state index in [0.717, 1.165) is 17.5 Å². The Kier molecular flexibility index (Phi) is 5.06. The van der Waals surface area contributed by atoms with Crippen LogP contribution in [0.25, 0.3) is 5.57 Å². The van der Waals surface area contributed by atoms with Crippen molar-refractivity contribution in [2.24, 2.45) is 11.8 Å². The zero-order valence-electron chi connectivity index (χ0n) is 12.2. The Balaban J connectivity index is 2.31. The van der Waals surface area contributed by atoms with Crippen molar-refractivity contribution in [3.63, 3.8) is 0 Å². The van der Waals surface area contributed by atoms with Crippen LogP contribution in [-0.4, -0.2) is 25.0 Å². The molecule has 0 radical (unpaired) electrons. The second kappa shape index (κ2) is 6.58. The monoisotopic (exact) mass is 277 g/mol. The number of likely N-dealkylation sites (N-methyl/N-ethyl adjacent to an activating group) is 1. The third kappa shape index (κ3) is 3.40. The molecule has 0 spiro atoms. The summed E-state index contributed by atoms with van der Waals surface area (Å²) in [5.74, 6) is 1.42. The standard InChI is InChI=1S/C17H24ClN/c1-4-13(5-2)17-12-19(3)11-10-16(17)14-6-8-15(18)9-7-14/h6-10,13,17H,4-5,11-12H2,1-3H3/t17-/m0/s1. The fourth-order valence-electron chi connectivity index (χ4n) is 3.15. The van der Waals surface area contributed by atoms with Gasteiger partial charge in [0.2, 0.25) is 0 Å². The third-order valence-electron chi connectivity index (χ3n) is 4.33. The lowest BCUT2D eigenvalue weighted by atomic mass is 9.78. The Labute approximate surface area is 122 Å². The van der Waals surface area contributed by atoms with Gasteiger partial charge in [-0.1, -0.05) is 56.5 Å². The molecule has 1 aromatic rings. The maximum Gasteiger partial charge on any atom is 0.0406 e. The van der Waals surface area contributed by atoms with E-state index < -0.39 is 0 Å². The van der Waals surface area contributed by atoms with Crippen molar-refractivity contribution in [1.82, 2.24) is 4.90 Å². The smallest absolute Gasteiger partial charge is 0.0406 e. The number of halogens is 1. The van der Waals surface area contributed by atoms with E-state index >= 15 is 0 Å². The van der Waals surface area contributed by atoms with Gasteiger partial charge >= 0.3 is 0 Å². The van der Waals surface area contributed by atoms with Crippen LogP contribution in [-0.2, 0) is 0 Å². The summed E-state index contributed by atoms with van der Waals surface area (Å²) in [6.07, 6.45) is 4.90. The molecule has 1 atom stereocenters. The van der Waals surface area contributed by atoms with E-state index in [4.69, 9.17) is 11.6 Å². The molecule has 1 aliphatic heterocycles. The zero-order chi connectivity index (χ0) is 13.8. The Morgan fingerprint density at radius 2 is 1.84 bits per heavy atom. The maximum absolute atomic E-state index is 6.00. The summed E-state index contributed by atoms with van der Waals surface area (Å²) < 4.78 is 0. The molecule has 0 aliphatic carbocycles. The van der Waals surface area contributed by atoms with Gasteiger partial charge in [0.1, 0.15) is 0 Å². The van der Waals surface area contributed by atoms with Crippen molar-refractivity contribution in [3.8, 4) is 0 Å². The Morgan fingerprint density at radius 1 is 1.21 bits per heavy atom. The van der Waals surface area contributed by atoms with Crippen LogP contribution in [0.4, 0.5) is 0 Å². The summed E-state index contributed by atoms with van der Waals surface area (Å²) in [4.78, 5) is 2.42. The highest BCUT2D eigenvalue weighted by atomic mass is 35.5. The van der Waals surface area contributed by atoms with Crippen molar-refractivity contribution in [2.75, 3.05) is 20.1 Å². The quantitative estimate of drug-likeness (QED) is 0.770. The second-order valence-corrected chi connectivity index (χ2v) is 6.01. The first-order chi connectivity index (χ1) is 9.15. The SMILES string of the molecule is CCC(CC)[C@@H]1CN(C)CC=C1c1ccc(Cl)cc1. The number of benzene rings is 1. The predicted octanol–water partition coefficient (Wildman–Crippen LogP) is 4.72. The first-order valence-electron chi connectivity index (χ1n) is 7.30. The summed E-state index contributed by atoms with van der Waals surface area (Å²) in [6.45, 7) is 6.83. The predicted molar refractivity (Wildman–Crippen MR) is 84.5 cm³/mol. The van der Waals surface area contributed by atoms with Gasteiger partial charge < -0.3 is 4.90 Å². The molecule has 0 N–H and O–H groups in total. The van der Waals surface area contributed by atoms with E-state index in [1.807, 2.05) is 12.1 Å². The molecular weight excluding hydrogens is 254 g/mol. The van der Waals surface area contributed by atoms with Crippen LogP contribution in [0.2, 0.25) is 5.02 Å². The fourth-order valence-corrected chi connectivity index (χ4v) is 3.28. The zero-order valence-corrected chi connectivity index (χ0v) is 13.0. The highest BCUT2D eigenvalue weighted by molar-refractivity contribution is 6.30. The molecule has 19 heavy (non-hydrogen) atoms. The van der Waals surface area contributed by atoms with Crippen LogP contribution in [0.3, 0.4) is 0 Å². The summed E-state index contributed by atoms with van der Waals surface area (Å²) in [5.41, 5.74) is 2.86. The van der Waals surface area contributed by atoms with Crippen LogP contribution >= 0.6 is 11.6 Å². The summed E-state index contributed by atoms with van der Waals surface area (Å²) in [5, 5.41) is 0.816. The second-order valence-electron chi connectivity index (χ2n) is 5.57. The number of hydrogen-bond acceptors (Lipinski definition) is 1. The summed E-state index contributed by atoms with van der Waals surface area (Å²) in [6, 6.07) is 8.32. The molecule has 0 fully saturated rings. The van der Waals surface area contributed by atoms with Gasteiger partial charge in [-0.05, 0) is 42.2 Å². The van der Waals surface area contributed by atoms with Gasteiger partial charge in [-0.15, -0.1) is 0 Å². The van der Waals surface area contributed by atoms with E-state index in [0.29, 0.717) is 5.92 Å². The lowest BCUT2D eigenvalue weighted by molar-refractivity contribution is 0.255. The summed E-state index contributed by atoms with van der Waals surface area (Å²) >= 11 is 6.00. The van der Waals surface area contributed by atoms with Gasteiger partial charge in [-0.3, -0.25) is 0 Å². The molecule has 1 heterocycles. The first kappa shape index (κ1) is 14.6. The molecule has 2 rings (SSSR count). The minimum atomic E-state index is 0.648. The normalized spacial score (nSPS) is 20.7. The van der Waals surface area contributed by atoms with Crippen molar-refractivity contribution in [2.45, 2.75) is 26.7 Å². The van der Waals surface area contributed by atoms with Crippen LogP contribution in [0.1, 0.15) is 32.3 Å². The molecule has 0 saturated carbocycles. The summed E-state index contributed by atoms with van der Waals surface area (Å²) in [7, 11) is 2.21. The first-order valence-corrected chi connectivity index (χ1v) is 7.68. The lowest BCUT2D eigenvalue weighted by Gasteiger charge is -2.35. The van der Waals surface area contributed by atoms with E-state index in [1.165, 1.54) is 30.5 Å². The molecule has 2 heteroatoms. The van der Waals surface area contributed by atoms with E-state index in [2.05, 4.69) is 44.0 Å². The van der Waals surface area contributed by atoms with Gasteiger partial charge in [0.25, 0.3) is 0 Å². The van der Waals surface area contributed by atoms with Gasteiger partial charge in [0.05, 0.1) is 0 Å². The number of hydrogen-bond donors (Lipinski definition) is 0. The average Bonchev–Trinajstić information content (AvgIpc) is 2.42. The van der Waals surface area contributed by atoms with Crippen LogP contribution in [0.5, 0.6) is 0 Å². The Hall–Kier alpha value is -0.790. The molecule has 0 saturated heterocycles. The van der Waals surface area contributed by atoms with E-state index in [1.54, 1.807) is 0 Å². The Morgan fingerprint density at radius 3 is 2.42 bits per heavy atom. The number of nitrogens with zero attached hydrogens (tertiary/aromatic N) is 1. The molecule has 1 aliphatic rings. The van der Waals surface area contributed by atoms with Crippen LogP contribution < -0.4 is 0 Å². The fraction of sp³-hybridized carbons (Fsp3) is 0.529. The lowest BCUT2D eigenvalue weighted by Crippen LogP contribution is -2.34. The van der Waals surface area contributed by atoms with E-state index in [9.17, 15) is 0 Å². The van der Waals surface area contributed by atoms with Gasteiger partial charge in [-0.2, -0.15) is 0 Å². The van der Waals surface area contributed by atoms with Gasteiger partial charge in [0.15, 0.2) is 0 Å². The molecule has 1 nitrogen and oxygen atoms in total. The maximum atomic E-state index is 6.00. The van der Waals surface area contributed by atoms with Crippen LogP contribution in [0.15, 0.2) is 30.3 Å². The van der Waals surface area contributed by atoms with Crippen molar-refractivity contribution in [1.29, 1.82) is 0 Å². The largest absolute Gasteiger partial charge is 0.302 e. The van der Waals surface area contributed by atoms with Crippen LogP contribution in [0, 0.1) is 11.8 Å². The third-order valence-corrected chi connectivity index (χ3v) is 4.58. The van der Waals surface area contributed by atoms with E-state index in [-0.39, 0.29) is 0 Å². The molecule has 0 amide bonds. The topological polar surface area (TPSA) is 3.24 Å². The number of rotatable bonds is 4. The minimum Gasteiger partial charge on any atom is -0.302 e. The molecule has 104 valence electrons. The Bertz CT molecular complexity index is 431. The molecule has 0 unspecified atom stereocenters. The highest BCUT2D eigenvalue weighted by Gasteiger charge is 2.27. The highest BCUT2D eigenvalue weighted by Crippen LogP contribution is 2.36. The molecular formula is C17H24ClN. The van der Waals surface area contributed by atoms with Crippen molar-refractivity contribution >= 4 is 17.2 Å². The van der Waals surface area contributed by atoms with Crippen molar-refractivity contribution in [3.05, 3.63) is 40.9 Å².